The quantitative estimate of drug-likeness (QED) is 0.359. The summed E-state index contributed by atoms with van der Waals surface area (Å²) in [5, 5.41) is 10.9. The normalized spacial score (nSPS) is 14.9. The van der Waals surface area contributed by atoms with Gasteiger partial charge in [0.15, 0.2) is 0 Å². The van der Waals surface area contributed by atoms with Gasteiger partial charge in [-0.15, -0.1) is 0 Å². The summed E-state index contributed by atoms with van der Waals surface area (Å²) in [7, 11) is 0. The molecule has 2 unspecified atom stereocenters. The fourth-order valence-corrected chi connectivity index (χ4v) is 3.63. The Labute approximate surface area is 102 Å². The van der Waals surface area contributed by atoms with Gasteiger partial charge < -0.3 is 0 Å². The van der Waals surface area contributed by atoms with Gasteiger partial charge >= 0.3 is 102 Å². The van der Waals surface area contributed by atoms with Crippen molar-refractivity contribution in [2.75, 3.05) is 0 Å². The molecule has 0 spiro atoms. The molecule has 0 saturated heterocycles. The zero-order valence-corrected chi connectivity index (χ0v) is 11.1. The second kappa shape index (κ2) is 6.46. The van der Waals surface area contributed by atoms with E-state index in [0.717, 1.165) is 0 Å². The fourth-order valence-electron chi connectivity index (χ4n) is 1.38. The molecule has 0 bridgehead atoms. The van der Waals surface area contributed by atoms with E-state index in [4.69, 9.17) is 0 Å². The average Bonchev–Trinajstić information content (AvgIpc) is 2.26. The fraction of sp³-hybridized carbons (Fsp3) is 0.333. The number of nitrogens with zero attached hydrogens (tertiary/aromatic N) is 1. The van der Waals surface area contributed by atoms with Gasteiger partial charge in [0.1, 0.15) is 0 Å². The second-order valence-corrected chi connectivity index (χ2v) is 6.48. The number of rotatable bonds is 5. The first kappa shape index (κ1) is 12.9. The molecule has 0 heterocycles. The van der Waals surface area contributed by atoms with Crippen LogP contribution >= 0.6 is 0 Å². The van der Waals surface area contributed by atoms with E-state index in [9.17, 15) is 10.1 Å². The van der Waals surface area contributed by atoms with Crippen molar-refractivity contribution in [3.8, 4) is 0 Å². The third-order valence-electron chi connectivity index (χ3n) is 2.18. The zero-order valence-electron chi connectivity index (χ0n) is 9.37. The van der Waals surface area contributed by atoms with Gasteiger partial charge in [-0.05, 0) is 0 Å². The average molecular weight is 284 g/mol. The summed E-state index contributed by atoms with van der Waals surface area (Å²) in [6, 6.07) is 9.40. The maximum atomic E-state index is 10.9. The summed E-state index contributed by atoms with van der Waals surface area (Å²) >= 11 is 0.137. The molecule has 2 atom stereocenters. The Kier molecular flexibility index (Phi) is 5.23. The van der Waals surface area contributed by atoms with Crippen LogP contribution in [-0.4, -0.2) is 25.9 Å². The van der Waals surface area contributed by atoms with E-state index in [1.54, 1.807) is 12.2 Å². The first-order valence-corrected chi connectivity index (χ1v) is 6.97. The molecule has 0 saturated carbocycles. The van der Waals surface area contributed by atoms with Crippen molar-refractivity contribution >= 4 is 19.4 Å². The minimum atomic E-state index is -0.565. The zero-order chi connectivity index (χ0) is 12.0. The van der Waals surface area contributed by atoms with Gasteiger partial charge in [-0.1, -0.05) is 0 Å². The summed E-state index contributed by atoms with van der Waals surface area (Å²) in [6.45, 7) is 3.76. The predicted octanol–water partition coefficient (Wildman–Crippen LogP) is 2.05. The molecule has 16 heavy (non-hydrogen) atoms. The molecule has 3 nitrogen and oxygen atoms in total. The first-order chi connectivity index (χ1) is 7.65. The predicted molar refractivity (Wildman–Crippen MR) is 66.9 cm³/mol. The summed E-state index contributed by atoms with van der Waals surface area (Å²) in [5.41, 5.74) is 0. The number of allylic oxidation sites excluding steroid dienone is 1. The molecule has 4 heteroatoms. The summed E-state index contributed by atoms with van der Waals surface area (Å²) in [4.78, 5) is 10.8. The van der Waals surface area contributed by atoms with Crippen LogP contribution in [0.3, 0.4) is 0 Å². The van der Waals surface area contributed by atoms with Crippen LogP contribution in [0, 0.1) is 10.1 Å². The SMILES string of the molecule is C/C=C/C(C(C)[Se]c1ccccc1)[N+](=O)[O-]. The Morgan fingerprint density at radius 1 is 1.38 bits per heavy atom. The van der Waals surface area contributed by atoms with E-state index in [1.807, 2.05) is 44.2 Å². The van der Waals surface area contributed by atoms with Gasteiger partial charge in [-0.25, -0.2) is 0 Å². The molecular formula is C12H15NO2Se. The Morgan fingerprint density at radius 2 is 2.00 bits per heavy atom. The minimum absolute atomic E-state index is 0.0705. The molecule has 0 radical (unpaired) electrons. The van der Waals surface area contributed by atoms with E-state index in [2.05, 4.69) is 0 Å². The molecule has 0 aliphatic rings. The van der Waals surface area contributed by atoms with Gasteiger partial charge in [-0.2, -0.15) is 0 Å². The third-order valence-corrected chi connectivity index (χ3v) is 4.69. The molecule has 0 aliphatic heterocycles. The van der Waals surface area contributed by atoms with Gasteiger partial charge in [0.25, 0.3) is 0 Å². The molecule has 0 aromatic heterocycles. The Morgan fingerprint density at radius 3 is 2.50 bits per heavy atom. The summed E-state index contributed by atoms with van der Waals surface area (Å²) in [5.74, 6) is 0. The second-order valence-electron chi connectivity index (χ2n) is 3.44. The van der Waals surface area contributed by atoms with Crippen LogP contribution in [0.1, 0.15) is 13.8 Å². The van der Waals surface area contributed by atoms with Crippen molar-refractivity contribution in [1.29, 1.82) is 0 Å². The molecule has 1 rings (SSSR count). The monoisotopic (exact) mass is 285 g/mol. The van der Waals surface area contributed by atoms with Crippen LogP contribution in [0.2, 0.25) is 4.82 Å². The maximum absolute atomic E-state index is 10.9. The van der Waals surface area contributed by atoms with Crippen LogP contribution < -0.4 is 4.46 Å². The number of nitro groups is 1. The molecule has 1 aromatic carbocycles. The summed E-state index contributed by atoms with van der Waals surface area (Å²) in [6.07, 6.45) is 3.43. The standard InChI is InChI=1S/C12H15NO2Se/c1-3-7-12(13(14)15)10(2)16-11-8-5-4-6-9-11/h3-10,12H,1-2H3/b7-3+. The van der Waals surface area contributed by atoms with Crippen molar-refractivity contribution in [1.82, 2.24) is 0 Å². The van der Waals surface area contributed by atoms with E-state index in [-0.39, 0.29) is 24.7 Å². The van der Waals surface area contributed by atoms with Crippen LogP contribution in [0.5, 0.6) is 0 Å². The van der Waals surface area contributed by atoms with Gasteiger partial charge in [0.05, 0.1) is 0 Å². The van der Waals surface area contributed by atoms with E-state index >= 15 is 0 Å². The van der Waals surface area contributed by atoms with Crippen molar-refractivity contribution in [2.24, 2.45) is 0 Å². The third kappa shape index (κ3) is 3.80. The van der Waals surface area contributed by atoms with Crippen molar-refractivity contribution in [3.05, 3.63) is 52.6 Å². The van der Waals surface area contributed by atoms with E-state index in [0.29, 0.717) is 0 Å². The molecule has 86 valence electrons. The molecular weight excluding hydrogens is 269 g/mol. The molecule has 0 fully saturated rings. The number of hydrogen-bond donors (Lipinski definition) is 0. The number of hydrogen-bond acceptors (Lipinski definition) is 2. The van der Waals surface area contributed by atoms with Crippen LogP contribution in [-0.2, 0) is 0 Å². The topological polar surface area (TPSA) is 43.1 Å². The van der Waals surface area contributed by atoms with Gasteiger partial charge in [0.2, 0.25) is 0 Å². The van der Waals surface area contributed by atoms with Crippen LogP contribution in [0.15, 0.2) is 42.5 Å². The van der Waals surface area contributed by atoms with Gasteiger partial charge in [0, 0.05) is 0 Å². The first-order valence-electron chi connectivity index (χ1n) is 5.13. The van der Waals surface area contributed by atoms with Crippen molar-refractivity contribution < 1.29 is 4.92 Å². The van der Waals surface area contributed by atoms with Crippen LogP contribution in [0.25, 0.3) is 0 Å². The van der Waals surface area contributed by atoms with Crippen molar-refractivity contribution in [2.45, 2.75) is 24.7 Å². The molecule has 0 amide bonds. The molecule has 1 aromatic rings. The van der Waals surface area contributed by atoms with Gasteiger partial charge in [-0.3, -0.25) is 0 Å². The van der Waals surface area contributed by atoms with E-state index < -0.39 is 6.04 Å². The van der Waals surface area contributed by atoms with E-state index in [1.165, 1.54) is 4.46 Å². The van der Waals surface area contributed by atoms with Crippen LogP contribution in [0.4, 0.5) is 0 Å². The summed E-state index contributed by atoms with van der Waals surface area (Å²) < 4.78 is 1.21. The molecule has 0 N–H and O–H groups in total. The Balaban J connectivity index is 2.69. The Bertz CT molecular complexity index is 365. The Hall–Kier alpha value is -1.12. The van der Waals surface area contributed by atoms with Crippen molar-refractivity contribution in [3.63, 3.8) is 0 Å². The molecule has 0 aliphatic carbocycles. The number of benzene rings is 1.